The molecule has 2 heterocycles. The quantitative estimate of drug-likeness (QED) is 0.227. The van der Waals surface area contributed by atoms with Gasteiger partial charge in [0.05, 0.1) is 33.2 Å². The molecule has 0 N–H and O–H groups in total. The van der Waals surface area contributed by atoms with Crippen LogP contribution >= 0.6 is 23.6 Å². The number of thiophene rings is 1. The smallest absolute Gasteiger partial charge is 0.275 e. The zero-order valence-electron chi connectivity index (χ0n) is 16.9. The number of amides is 3. The molecule has 0 saturated heterocycles. The first-order valence-corrected chi connectivity index (χ1v) is 10.9. The van der Waals surface area contributed by atoms with Crippen molar-refractivity contribution < 1.29 is 24.0 Å². The van der Waals surface area contributed by atoms with Gasteiger partial charge in [-0.05, 0) is 47.9 Å². The lowest BCUT2D eigenvalue weighted by molar-refractivity contribution is -0.384. The van der Waals surface area contributed by atoms with Crippen molar-refractivity contribution in [2.24, 2.45) is 0 Å². The lowest BCUT2D eigenvalue weighted by Gasteiger charge is -2.23. The summed E-state index contributed by atoms with van der Waals surface area (Å²) in [6.07, 6.45) is 0. The Morgan fingerprint density at radius 2 is 1.67 bits per heavy atom. The standard InChI is InChI=1S/C22H15N3O6S2/c26-19-16-4-1-2-5-17(16)20(27)23(19)11-12-31-22(32)24(21(28)18-6-3-13-33-18)14-7-9-15(10-8-14)25(29)30/h1-10,13H,11-12H2. The number of imide groups is 1. The highest BCUT2D eigenvalue weighted by Gasteiger charge is 2.35. The molecule has 0 bridgehead atoms. The van der Waals surface area contributed by atoms with Gasteiger partial charge in [0.25, 0.3) is 28.6 Å². The number of carbonyl (C=O) groups excluding carboxylic acids is 3. The number of nitrogens with zero attached hydrogens (tertiary/aromatic N) is 3. The van der Waals surface area contributed by atoms with E-state index >= 15 is 0 Å². The van der Waals surface area contributed by atoms with Crippen LogP contribution < -0.4 is 4.90 Å². The van der Waals surface area contributed by atoms with Crippen LogP contribution in [0, 0.1) is 10.1 Å². The van der Waals surface area contributed by atoms with Crippen molar-refractivity contribution in [3.05, 3.63) is 92.2 Å². The number of benzene rings is 2. The fraction of sp³-hybridized carbons (Fsp3) is 0.0909. The molecule has 1 aromatic heterocycles. The van der Waals surface area contributed by atoms with Crippen LogP contribution in [0.1, 0.15) is 30.4 Å². The molecule has 3 amide bonds. The van der Waals surface area contributed by atoms with Crippen molar-refractivity contribution in [3.8, 4) is 0 Å². The Morgan fingerprint density at radius 3 is 2.21 bits per heavy atom. The maximum atomic E-state index is 13.1. The Hall–Kier alpha value is -3.96. The SMILES string of the molecule is O=C1c2ccccc2C(=O)N1CCOC(=S)N(C(=O)c1cccs1)c1ccc([N+](=O)[O-])cc1. The van der Waals surface area contributed by atoms with Gasteiger partial charge in [-0.25, -0.2) is 4.90 Å². The summed E-state index contributed by atoms with van der Waals surface area (Å²) >= 11 is 6.53. The molecule has 4 rings (SSSR count). The number of fused-ring (bicyclic) bond motifs is 1. The maximum Gasteiger partial charge on any atom is 0.275 e. The molecule has 0 fully saturated rings. The molecule has 1 aliphatic rings. The molecule has 0 aliphatic carbocycles. The third kappa shape index (κ3) is 4.36. The van der Waals surface area contributed by atoms with Crippen molar-refractivity contribution in [1.82, 2.24) is 4.90 Å². The molecule has 0 unspecified atom stereocenters. The van der Waals surface area contributed by atoms with Gasteiger partial charge in [0.15, 0.2) is 0 Å². The van der Waals surface area contributed by atoms with Crippen molar-refractivity contribution in [3.63, 3.8) is 0 Å². The minimum Gasteiger partial charge on any atom is -0.468 e. The molecule has 2 aromatic carbocycles. The van der Waals surface area contributed by atoms with E-state index < -0.39 is 22.6 Å². The van der Waals surface area contributed by atoms with Gasteiger partial charge in [-0.1, -0.05) is 18.2 Å². The normalized spacial score (nSPS) is 12.4. The van der Waals surface area contributed by atoms with Gasteiger partial charge < -0.3 is 4.74 Å². The number of non-ortho nitro benzene ring substituents is 1. The summed E-state index contributed by atoms with van der Waals surface area (Å²) in [5.41, 5.74) is 0.792. The predicted molar refractivity (Wildman–Crippen MR) is 125 cm³/mol. The number of hydrogen-bond acceptors (Lipinski definition) is 8. The van der Waals surface area contributed by atoms with Gasteiger partial charge in [0, 0.05) is 12.1 Å². The molecule has 0 radical (unpaired) electrons. The zero-order chi connectivity index (χ0) is 23.5. The number of nitro benzene ring substituents is 1. The molecule has 33 heavy (non-hydrogen) atoms. The number of hydrogen-bond donors (Lipinski definition) is 0. The fourth-order valence-electron chi connectivity index (χ4n) is 3.27. The highest BCUT2D eigenvalue weighted by atomic mass is 32.1. The second kappa shape index (κ2) is 9.27. The van der Waals surface area contributed by atoms with Crippen molar-refractivity contribution in [1.29, 1.82) is 0 Å². The lowest BCUT2D eigenvalue weighted by Crippen LogP contribution is -2.39. The van der Waals surface area contributed by atoms with E-state index in [1.807, 2.05) is 0 Å². The molecule has 9 nitrogen and oxygen atoms in total. The number of carbonyl (C=O) groups is 3. The second-order valence-electron chi connectivity index (χ2n) is 6.81. The third-order valence-electron chi connectivity index (χ3n) is 4.85. The fourth-order valence-corrected chi connectivity index (χ4v) is 4.20. The van der Waals surface area contributed by atoms with Crippen LogP contribution in [-0.2, 0) is 4.74 Å². The van der Waals surface area contributed by atoms with E-state index in [0.29, 0.717) is 16.0 Å². The van der Waals surface area contributed by atoms with E-state index in [1.54, 1.807) is 41.8 Å². The van der Waals surface area contributed by atoms with Crippen molar-refractivity contribution >= 4 is 57.8 Å². The van der Waals surface area contributed by atoms with E-state index in [2.05, 4.69) is 0 Å². The molecule has 166 valence electrons. The molecular weight excluding hydrogens is 466 g/mol. The van der Waals surface area contributed by atoms with Crippen LogP contribution in [0.25, 0.3) is 0 Å². The van der Waals surface area contributed by atoms with Crippen LogP contribution in [0.2, 0.25) is 0 Å². The minimum atomic E-state index is -0.549. The van der Waals surface area contributed by atoms with Crippen LogP contribution in [0.3, 0.4) is 0 Å². The van der Waals surface area contributed by atoms with E-state index in [0.717, 1.165) is 9.80 Å². The van der Waals surface area contributed by atoms with E-state index in [1.165, 1.54) is 35.6 Å². The van der Waals surface area contributed by atoms with Crippen LogP contribution in [-0.4, -0.2) is 45.9 Å². The summed E-state index contributed by atoms with van der Waals surface area (Å²) in [6, 6.07) is 15.1. The first-order chi connectivity index (χ1) is 15.9. The highest BCUT2D eigenvalue weighted by molar-refractivity contribution is 7.80. The number of rotatable bonds is 6. The second-order valence-corrected chi connectivity index (χ2v) is 8.11. The Labute approximate surface area is 196 Å². The number of anilines is 1. The molecule has 0 saturated carbocycles. The van der Waals surface area contributed by atoms with Crippen molar-refractivity contribution in [2.45, 2.75) is 0 Å². The molecule has 3 aromatic rings. The van der Waals surface area contributed by atoms with E-state index in [-0.39, 0.29) is 29.7 Å². The van der Waals surface area contributed by atoms with Gasteiger partial charge >= 0.3 is 0 Å². The summed E-state index contributed by atoms with van der Waals surface area (Å²) in [7, 11) is 0. The van der Waals surface area contributed by atoms with Gasteiger partial charge in [-0.3, -0.25) is 29.4 Å². The minimum absolute atomic E-state index is 0.0617. The molecular formula is C22H15N3O6S2. The van der Waals surface area contributed by atoms with E-state index in [4.69, 9.17) is 17.0 Å². The molecule has 0 spiro atoms. The summed E-state index contributed by atoms with van der Waals surface area (Å²) in [5, 5.41) is 12.5. The Balaban J connectivity index is 1.49. The maximum absolute atomic E-state index is 13.1. The van der Waals surface area contributed by atoms with E-state index in [9.17, 15) is 24.5 Å². The lowest BCUT2D eigenvalue weighted by atomic mass is 10.1. The molecule has 11 heteroatoms. The number of nitro groups is 1. The summed E-state index contributed by atoms with van der Waals surface area (Å²) < 4.78 is 5.57. The Bertz CT molecular complexity index is 1220. The van der Waals surface area contributed by atoms with Crippen LogP contribution in [0.4, 0.5) is 11.4 Å². The summed E-state index contributed by atoms with van der Waals surface area (Å²) in [6.45, 7) is -0.195. The van der Waals surface area contributed by atoms with Gasteiger partial charge in [0.1, 0.15) is 6.61 Å². The topological polar surface area (TPSA) is 110 Å². The van der Waals surface area contributed by atoms with Gasteiger partial charge in [-0.2, -0.15) is 0 Å². The summed E-state index contributed by atoms with van der Waals surface area (Å²) in [5.74, 6) is -1.32. The first-order valence-electron chi connectivity index (χ1n) is 9.63. The zero-order valence-corrected chi connectivity index (χ0v) is 18.5. The summed E-state index contributed by atoms with van der Waals surface area (Å²) in [4.78, 5) is 51.0. The predicted octanol–water partition coefficient (Wildman–Crippen LogP) is 3.90. The van der Waals surface area contributed by atoms with Crippen LogP contribution in [0.15, 0.2) is 66.0 Å². The van der Waals surface area contributed by atoms with Gasteiger partial charge in [0.2, 0.25) is 0 Å². The Morgan fingerprint density at radius 1 is 1.03 bits per heavy atom. The Kier molecular flexibility index (Phi) is 6.24. The average molecular weight is 482 g/mol. The largest absolute Gasteiger partial charge is 0.468 e. The first kappa shape index (κ1) is 22.2. The molecule has 1 aliphatic heterocycles. The van der Waals surface area contributed by atoms with Crippen LogP contribution in [0.5, 0.6) is 0 Å². The third-order valence-corrected chi connectivity index (χ3v) is 6.01. The highest BCUT2D eigenvalue weighted by Crippen LogP contribution is 2.25. The number of thiocarbonyl (C=S) groups is 1. The monoisotopic (exact) mass is 481 g/mol. The van der Waals surface area contributed by atoms with Gasteiger partial charge in [-0.15, -0.1) is 11.3 Å². The number of ether oxygens (including phenoxy) is 1. The molecule has 0 atom stereocenters. The average Bonchev–Trinajstić information content (AvgIpc) is 3.43. The van der Waals surface area contributed by atoms with Crippen molar-refractivity contribution in [2.75, 3.05) is 18.1 Å².